The molecule has 0 saturated carbocycles. The first kappa shape index (κ1) is 15.1. The van der Waals surface area contributed by atoms with Crippen molar-refractivity contribution in [3.63, 3.8) is 0 Å². The fourth-order valence-electron chi connectivity index (χ4n) is 2.77. The predicted molar refractivity (Wildman–Crippen MR) is 83.8 cm³/mol. The van der Waals surface area contributed by atoms with Crippen molar-refractivity contribution in [3.05, 3.63) is 75.3 Å². The van der Waals surface area contributed by atoms with Gasteiger partial charge >= 0.3 is 0 Å². The summed E-state index contributed by atoms with van der Waals surface area (Å²) in [5.41, 5.74) is 1.59. The van der Waals surface area contributed by atoms with Crippen molar-refractivity contribution in [1.29, 1.82) is 0 Å². The van der Waals surface area contributed by atoms with Crippen LogP contribution in [0.1, 0.15) is 32.2 Å². The molecule has 1 aliphatic heterocycles. The number of rotatable bonds is 3. The Bertz CT molecular complexity index is 783. The summed E-state index contributed by atoms with van der Waals surface area (Å²) >= 11 is 0. The molecule has 1 unspecified atom stereocenters. The van der Waals surface area contributed by atoms with E-state index in [0.717, 1.165) is 0 Å². The molecule has 0 saturated heterocycles. The second-order valence-corrected chi connectivity index (χ2v) is 5.36. The SMILES string of the molecule is O=C1CNCC(C(=O)c2ccc([N+](=O)[O-])cc2)c2ccccc21. The minimum Gasteiger partial charge on any atom is -0.309 e. The van der Waals surface area contributed by atoms with Crippen LogP contribution in [0.2, 0.25) is 0 Å². The van der Waals surface area contributed by atoms with Crippen molar-refractivity contribution in [1.82, 2.24) is 5.32 Å². The first-order chi connectivity index (χ1) is 11.1. The van der Waals surface area contributed by atoms with E-state index in [1.807, 2.05) is 0 Å². The minimum atomic E-state index is -0.505. The van der Waals surface area contributed by atoms with Gasteiger partial charge in [0.1, 0.15) is 0 Å². The number of carbonyl (C=O) groups is 2. The number of non-ortho nitro benzene ring substituents is 1. The van der Waals surface area contributed by atoms with E-state index >= 15 is 0 Å². The van der Waals surface area contributed by atoms with E-state index in [1.165, 1.54) is 24.3 Å². The van der Waals surface area contributed by atoms with Gasteiger partial charge in [0.15, 0.2) is 11.6 Å². The molecule has 1 atom stereocenters. The Morgan fingerprint density at radius 3 is 2.52 bits per heavy atom. The summed E-state index contributed by atoms with van der Waals surface area (Å²) < 4.78 is 0. The van der Waals surface area contributed by atoms with Crippen molar-refractivity contribution in [2.75, 3.05) is 13.1 Å². The van der Waals surface area contributed by atoms with Crippen LogP contribution in [0.15, 0.2) is 48.5 Å². The standard InChI is InChI=1S/C17H14N2O4/c20-16-10-18-9-15(13-3-1-2-4-14(13)16)17(21)11-5-7-12(8-6-11)19(22)23/h1-8,15,18H,9-10H2. The van der Waals surface area contributed by atoms with Crippen molar-refractivity contribution >= 4 is 17.3 Å². The Morgan fingerprint density at radius 1 is 1.13 bits per heavy atom. The molecule has 1 N–H and O–H groups in total. The van der Waals surface area contributed by atoms with Crippen molar-refractivity contribution in [3.8, 4) is 0 Å². The zero-order valence-electron chi connectivity index (χ0n) is 12.2. The average Bonchev–Trinajstić information content (AvgIpc) is 2.74. The molecule has 1 heterocycles. The fourth-order valence-corrected chi connectivity index (χ4v) is 2.77. The van der Waals surface area contributed by atoms with Gasteiger partial charge in [0.05, 0.1) is 17.4 Å². The van der Waals surface area contributed by atoms with Crippen molar-refractivity contribution in [2.24, 2.45) is 0 Å². The highest BCUT2D eigenvalue weighted by Gasteiger charge is 2.28. The third-order valence-electron chi connectivity index (χ3n) is 3.95. The van der Waals surface area contributed by atoms with Gasteiger partial charge in [-0.15, -0.1) is 0 Å². The highest BCUT2D eigenvalue weighted by Crippen LogP contribution is 2.26. The average molecular weight is 310 g/mol. The zero-order valence-corrected chi connectivity index (χ0v) is 12.2. The Hall–Kier alpha value is -2.86. The number of hydrogen-bond acceptors (Lipinski definition) is 5. The van der Waals surface area contributed by atoms with Crippen LogP contribution in [0, 0.1) is 10.1 Å². The molecule has 2 aromatic carbocycles. The number of fused-ring (bicyclic) bond motifs is 1. The second-order valence-electron chi connectivity index (χ2n) is 5.36. The molecule has 0 aliphatic carbocycles. The van der Waals surface area contributed by atoms with Crippen molar-refractivity contribution in [2.45, 2.75) is 5.92 Å². The lowest BCUT2D eigenvalue weighted by molar-refractivity contribution is -0.384. The second kappa shape index (κ2) is 6.10. The Balaban J connectivity index is 1.97. The monoisotopic (exact) mass is 310 g/mol. The molecule has 23 heavy (non-hydrogen) atoms. The molecule has 0 aromatic heterocycles. The van der Waals surface area contributed by atoms with Crippen LogP contribution in [-0.2, 0) is 0 Å². The number of Topliss-reactive ketones (excluding diaryl/α,β-unsaturated/α-hetero) is 2. The molecular formula is C17H14N2O4. The molecule has 116 valence electrons. The van der Waals surface area contributed by atoms with Gasteiger partial charge in [0, 0.05) is 29.8 Å². The fraction of sp³-hybridized carbons (Fsp3) is 0.176. The smallest absolute Gasteiger partial charge is 0.269 e. The van der Waals surface area contributed by atoms with Gasteiger partial charge in [-0.2, -0.15) is 0 Å². The molecule has 0 bridgehead atoms. The minimum absolute atomic E-state index is 0.0420. The van der Waals surface area contributed by atoms with Gasteiger partial charge in [-0.3, -0.25) is 19.7 Å². The van der Waals surface area contributed by atoms with Crippen molar-refractivity contribution < 1.29 is 14.5 Å². The summed E-state index contributed by atoms with van der Waals surface area (Å²) in [6.07, 6.45) is 0. The summed E-state index contributed by atoms with van der Waals surface area (Å²) in [7, 11) is 0. The molecule has 0 amide bonds. The van der Waals surface area contributed by atoms with Gasteiger partial charge in [0.25, 0.3) is 5.69 Å². The van der Waals surface area contributed by atoms with E-state index in [2.05, 4.69) is 5.32 Å². The van der Waals surface area contributed by atoms with Crippen LogP contribution < -0.4 is 5.32 Å². The third kappa shape index (κ3) is 2.89. The number of nitro groups is 1. The number of nitrogens with zero attached hydrogens (tertiary/aromatic N) is 1. The molecule has 6 heteroatoms. The zero-order chi connectivity index (χ0) is 16.4. The molecule has 1 aliphatic rings. The van der Waals surface area contributed by atoms with E-state index < -0.39 is 10.8 Å². The van der Waals surface area contributed by atoms with Crippen LogP contribution in [-0.4, -0.2) is 29.6 Å². The number of hydrogen-bond donors (Lipinski definition) is 1. The van der Waals surface area contributed by atoms with Crippen LogP contribution >= 0.6 is 0 Å². The van der Waals surface area contributed by atoms with E-state index in [9.17, 15) is 19.7 Å². The first-order valence-corrected chi connectivity index (χ1v) is 7.19. The quantitative estimate of drug-likeness (QED) is 0.534. The third-order valence-corrected chi connectivity index (χ3v) is 3.95. The van der Waals surface area contributed by atoms with Gasteiger partial charge in [-0.05, 0) is 17.7 Å². The molecule has 0 spiro atoms. The molecule has 0 fully saturated rings. The molecule has 0 radical (unpaired) electrons. The number of carbonyl (C=O) groups excluding carboxylic acids is 2. The number of benzene rings is 2. The van der Waals surface area contributed by atoms with Crippen LogP contribution in [0.4, 0.5) is 5.69 Å². The normalized spacial score (nSPS) is 17.2. The lowest BCUT2D eigenvalue weighted by atomic mass is 9.87. The lowest BCUT2D eigenvalue weighted by Crippen LogP contribution is -2.26. The van der Waals surface area contributed by atoms with E-state index in [4.69, 9.17) is 0 Å². The van der Waals surface area contributed by atoms with Crippen LogP contribution in [0.3, 0.4) is 0 Å². The highest BCUT2D eigenvalue weighted by atomic mass is 16.6. The van der Waals surface area contributed by atoms with Gasteiger partial charge < -0.3 is 5.32 Å². The maximum atomic E-state index is 12.8. The first-order valence-electron chi connectivity index (χ1n) is 7.19. The number of nitrogens with one attached hydrogen (secondary N) is 1. The molecular weight excluding hydrogens is 296 g/mol. The van der Waals surface area contributed by atoms with Crippen LogP contribution in [0.5, 0.6) is 0 Å². The van der Waals surface area contributed by atoms with E-state index in [1.54, 1.807) is 24.3 Å². The van der Waals surface area contributed by atoms with E-state index in [-0.39, 0.29) is 23.8 Å². The maximum Gasteiger partial charge on any atom is 0.269 e. The summed E-state index contributed by atoms with van der Waals surface area (Å²) in [6, 6.07) is 12.6. The number of nitro benzene ring substituents is 1. The summed E-state index contributed by atoms with van der Waals surface area (Å²) in [6.45, 7) is 0.555. The summed E-state index contributed by atoms with van der Waals surface area (Å²) in [5, 5.41) is 13.7. The Morgan fingerprint density at radius 2 is 1.83 bits per heavy atom. The van der Waals surface area contributed by atoms with Gasteiger partial charge in [-0.1, -0.05) is 24.3 Å². The Kier molecular flexibility index (Phi) is 3.99. The predicted octanol–water partition coefficient (Wildman–Crippen LogP) is 2.35. The largest absolute Gasteiger partial charge is 0.309 e. The number of ketones is 2. The maximum absolute atomic E-state index is 12.8. The molecule has 3 rings (SSSR count). The highest BCUT2D eigenvalue weighted by molar-refractivity contribution is 6.06. The van der Waals surface area contributed by atoms with Crippen LogP contribution in [0.25, 0.3) is 0 Å². The van der Waals surface area contributed by atoms with E-state index in [0.29, 0.717) is 23.2 Å². The summed E-state index contributed by atoms with van der Waals surface area (Å²) in [5.74, 6) is -0.687. The Labute approximate surface area is 132 Å². The lowest BCUT2D eigenvalue weighted by Gasteiger charge is -2.16. The molecule has 2 aromatic rings. The molecule has 6 nitrogen and oxygen atoms in total. The van der Waals surface area contributed by atoms with Gasteiger partial charge in [0.2, 0.25) is 0 Å². The summed E-state index contributed by atoms with van der Waals surface area (Å²) in [4.78, 5) is 35.1. The van der Waals surface area contributed by atoms with Gasteiger partial charge in [-0.25, -0.2) is 0 Å². The topological polar surface area (TPSA) is 89.3 Å².